The topological polar surface area (TPSA) is 46.5 Å². The van der Waals surface area contributed by atoms with Gasteiger partial charge < -0.3 is 9.84 Å². The Kier molecular flexibility index (Phi) is 2.85. The van der Waals surface area contributed by atoms with Crippen molar-refractivity contribution in [2.24, 2.45) is 0 Å². The van der Waals surface area contributed by atoms with Crippen LogP contribution in [0.5, 0.6) is 5.75 Å². The number of hydrogen-bond donors (Lipinski definition) is 1. The molecule has 12 heavy (non-hydrogen) atoms. The summed E-state index contributed by atoms with van der Waals surface area (Å²) in [4.78, 5) is 10.4. The van der Waals surface area contributed by atoms with E-state index in [0.29, 0.717) is 5.75 Å². The van der Waals surface area contributed by atoms with E-state index < -0.39 is 5.97 Å². The quantitative estimate of drug-likeness (QED) is 0.789. The van der Waals surface area contributed by atoms with E-state index in [1.54, 1.807) is 12.1 Å². The number of benzene rings is 1. The summed E-state index contributed by atoms with van der Waals surface area (Å²) in [6.07, 6.45) is 0. The molecule has 0 bridgehead atoms. The van der Waals surface area contributed by atoms with E-state index >= 15 is 0 Å². The van der Waals surface area contributed by atoms with Crippen LogP contribution in [0.3, 0.4) is 0 Å². The summed E-state index contributed by atoms with van der Waals surface area (Å²) in [6, 6.07) is 6.23. The zero-order chi connectivity index (χ0) is 8.27. The largest absolute Gasteiger partial charge is 0.497 e. The van der Waals surface area contributed by atoms with Crippen molar-refractivity contribution in [3.05, 3.63) is 29.8 Å². The van der Waals surface area contributed by atoms with Gasteiger partial charge in [0.1, 0.15) is 5.75 Å². The van der Waals surface area contributed by atoms with E-state index in [2.05, 4.69) is 0 Å². The molecule has 1 aromatic rings. The molecule has 4 heteroatoms. The van der Waals surface area contributed by atoms with Crippen molar-refractivity contribution < 1.29 is 14.6 Å². The third-order valence-corrected chi connectivity index (χ3v) is 1.34. The zero-order valence-corrected chi connectivity index (χ0v) is 13.2. The number of carbonyl (C=O) groups is 1. The molecule has 0 heterocycles. The summed E-state index contributed by atoms with van der Waals surface area (Å²) in [5.41, 5.74) is 0.269. The van der Waals surface area contributed by atoms with E-state index in [-0.39, 0.29) is 5.56 Å². The summed E-state index contributed by atoms with van der Waals surface area (Å²) in [7, 11) is 1.54. The van der Waals surface area contributed by atoms with Crippen LogP contribution in [0, 0.1) is 0 Å². The normalized spacial score (nSPS) is 8.42. The number of methoxy groups -OCH3 is 1. The molecule has 1 rings (SSSR count). The molecule has 0 aromatic heterocycles. The van der Waals surface area contributed by atoms with Gasteiger partial charge in [-0.15, -0.1) is 0 Å². The molecular formula is C8H8O3Rf. The Bertz CT molecular complexity index is 256. The third kappa shape index (κ3) is 1.73. The Labute approximate surface area is 64.2 Å². The summed E-state index contributed by atoms with van der Waals surface area (Å²) in [6.45, 7) is 0. The molecule has 60 valence electrons. The molecule has 1 aromatic carbocycles. The number of hydrogen-bond acceptors (Lipinski definition) is 2. The predicted molar refractivity (Wildman–Crippen MR) is 40.0 cm³/mol. The van der Waals surface area contributed by atoms with Crippen molar-refractivity contribution in [1.82, 2.24) is 0 Å². The monoisotopic (exact) mass is 419 g/mol. The Morgan fingerprint density at radius 3 is 2.17 bits per heavy atom. The first-order valence-electron chi connectivity index (χ1n) is 3.11. The fourth-order valence-electron chi connectivity index (χ4n) is 0.734. The number of aromatic carboxylic acids is 1. The minimum absolute atomic E-state index is 0. The first-order chi connectivity index (χ1) is 5.24. The van der Waals surface area contributed by atoms with Crippen molar-refractivity contribution in [2.45, 2.75) is 0 Å². The van der Waals surface area contributed by atoms with Crippen LogP contribution in [0.1, 0.15) is 10.4 Å². The van der Waals surface area contributed by atoms with Gasteiger partial charge >= 0.3 is 5.97 Å². The summed E-state index contributed by atoms with van der Waals surface area (Å²) < 4.78 is 4.86. The van der Waals surface area contributed by atoms with Gasteiger partial charge in [0.2, 0.25) is 0 Å². The van der Waals surface area contributed by atoms with Crippen LogP contribution >= 0.6 is 0 Å². The van der Waals surface area contributed by atoms with Gasteiger partial charge in [-0.3, -0.25) is 0 Å². The minimum atomic E-state index is -0.923. The van der Waals surface area contributed by atoms with Gasteiger partial charge in [0.05, 0.1) is 12.7 Å². The van der Waals surface area contributed by atoms with Crippen LogP contribution in [0.2, 0.25) is 0 Å². The fraction of sp³-hybridized carbons (Fsp3) is 0.125. The van der Waals surface area contributed by atoms with Crippen molar-refractivity contribution in [3.63, 3.8) is 0 Å². The van der Waals surface area contributed by atoms with Crippen LogP contribution < -0.4 is 4.74 Å². The van der Waals surface area contributed by atoms with Crippen LogP contribution in [-0.4, -0.2) is 18.2 Å². The van der Waals surface area contributed by atoms with Gasteiger partial charge in [0.15, 0.2) is 0 Å². The van der Waals surface area contributed by atoms with Crippen molar-refractivity contribution in [3.8, 4) is 5.75 Å². The standard InChI is InChI=1S/C8H8O3.Rf/c1-11-7-4-2-6(3-5-7)8(9)10;/h2-5H,1H3,(H,9,10);. The number of carboxylic acids is 1. The zero-order valence-electron chi connectivity index (χ0n) is 6.78. The van der Waals surface area contributed by atoms with Gasteiger partial charge in [-0.05, 0) is 24.3 Å². The molecule has 0 aliphatic carbocycles. The molecule has 0 fully saturated rings. The molecule has 0 unspecified atom stereocenters. The van der Waals surface area contributed by atoms with Crippen molar-refractivity contribution in [2.75, 3.05) is 7.11 Å². The second-order valence-electron chi connectivity index (χ2n) is 2.03. The van der Waals surface area contributed by atoms with E-state index in [1.807, 2.05) is 0 Å². The maximum Gasteiger partial charge on any atom is 0.335 e. The molecule has 1 N–H and O–H groups in total. The second kappa shape index (κ2) is 3.61. The summed E-state index contributed by atoms with van der Waals surface area (Å²) in [5, 5.41) is 8.51. The average molecular weight is 419 g/mol. The predicted octanol–water partition coefficient (Wildman–Crippen LogP) is 1.39. The van der Waals surface area contributed by atoms with E-state index in [0.717, 1.165) is 0 Å². The smallest absolute Gasteiger partial charge is 0.335 e. The van der Waals surface area contributed by atoms with E-state index in [4.69, 9.17) is 9.84 Å². The number of ether oxygens (including phenoxy) is 1. The van der Waals surface area contributed by atoms with Crippen LogP contribution in [0.4, 0.5) is 0 Å². The fourth-order valence-corrected chi connectivity index (χ4v) is 0.734. The van der Waals surface area contributed by atoms with Crippen LogP contribution in [0.25, 0.3) is 0 Å². The minimum Gasteiger partial charge on any atom is -0.497 e. The molecule has 0 spiro atoms. The Hall–Kier alpha value is -2.51. The molecule has 0 aliphatic rings. The molecule has 0 aliphatic heterocycles. The SMILES string of the molecule is COc1ccc(C(=O)O)cc1.[Rf]. The van der Waals surface area contributed by atoms with E-state index in [9.17, 15) is 4.79 Å². The van der Waals surface area contributed by atoms with Crippen LogP contribution in [-0.2, 0) is 0 Å². The molecule has 0 radical (unpaired) electrons. The number of carboxylic acid groups (broad SMARTS) is 1. The second-order valence-corrected chi connectivity index (χ2v) is 2.03. The average Bonchev–Trinajstić information content (AvgIpc) is 2.05. The Morgan fingerprint density at radius 1 is 1.33 bits per heavy atom. The summed E-state index contributed by atoms with van der Waals surface area (Å²) in [5.74, 6) is -0.261. The van der Waals surface area contributed by atoms with Crippen LogP contribution in [0.15, 0.2) is 24.3 Å². The van der Waals surface area contributed by atoms with Gasteiger partial charge in [-0.2, -0.15) is 0 Å². The molecular weight excluding hydrogens is 411 g/mol. The van der Waals surface area contributed by atoms with Crippen molar-refractivity contribution in [1.29, 1.82) is 0 Å². The molecule has 0 saturated heterocycles. The number of rotatable bonds is 2. The molecule has 0 atom stereocenters. The maximum absolute atomic E-state index is 10.4. The van der Waals surface area contributed by atoms with Crippen molar-refractivity contribution >= 4 is 5.97 Å². The molecule has 0 amide bonds. The third-order valence-electron chi connectivity index (χ3n) is 1.34. The van der Waals surface area contributed by atoms with Gasteiger partial charge in [0.25, 0.3) is 0 Å². The Balaban J connectivity index is 0.00000121. The van der Waals surface area contributed by atoms with Gasteiger partial charge in [-0.1, -0.05) is 0 Å². The van der Waals surface area contributed by atoms with E-state index in [1.165, 1.54) is 19.2 Å². The maximum atomic E-state index is 10.4. The first-order valence-corrected chi connectivity index (χ1v) is 3.11. The molecule has 3 nitrogen and oxygen atoms in total. The first kappa shape index (κ1) is 9.49. The molecule has 0 saturated carbocycles. The Morgan fingerprint density at radius 2 is 1.83 bits per heavy atom. The van der Waals surface area contributed by atoms with Gasteiger partial charge in [0, 0.05) is 0 Å². The summed E-state index contributed by atoms with van der Waals surface area (Å²) >= 11 is 0. The van der Waals surface area contributed by atoms with Gasteiger partial charge in [-0.25, -0.2) is 4.79 Å².